The third kappa shape index (κ3) is 5.45. The van der Waals surface area contributed by atoms with Crippen LogP contribution in [-0.2, 0) is 12.6 Å². The predicted octanol–water partition coefficient (Wildman–Crippen LogP) is 4.88. The zero-order chi connectivity index (χ0) is 18.6. The number of aromatic nitrogens is 1. The van der Waals surface area contributed by atoms with Gasteiger partial charge in [0, 0.05) is 17.4 Å². The Balaban J connectivity index is 2.27. The molecule has 1 aromatic heterocycles. The van der Waals surface area contributed by atoms with Crippen molar-refractivity contribution in [2.45, 2.75) is 32.9 Å². The van der Waals surface area contributed by atoms with Gasteiger partial charge in [0.05, 0.1) is 17.2 Å². The third-order valence-corrected chi connectivity index (χ3v) is 4.30. The van der Waals surface area contributed by atoms with Gasteiger partial charge in [-0.25, -0.2) is 9.78 Å². The lowest BCUT2D eigenvalue weighted by molar-refractivity contribution is -0.137. The fourth-order valence-corrected chi connectivity index (χ4v) is 2.88. The van der Waals surface area contributed by atoms with Crippen molar-refractivity contribution >= 4 is 17.3 Å². The van der Waals surface area contributed by atoms with Crippen LogP contribution >= 0.6 is 11.3 Å². The number of carboxylic acids is 1. The molecule has 0 bridgehead atoms. The molecule has 136 valence electrons. The van der Waals surface area contributed by atoms with E-state index in [0.29, 0.717) is 28.8 Å². The summed E-state index contributed by atoms with van der Waals surface area (Å²) in [6, 6.07) is 3.33. The topological polar surface area (TPSA) is 59.4 Å². The van der Waals surface area contributed by atoms with Gasteiger partial charge in [0.15, 0.2) is 5.69 Å². The monoisotopic (exact) mass is 373 g/mol. The van der Waals surface area contributed by atoms with E-state index in [1.54, 1.807) is 0 Å². The van der Waals surface area contributed by atoms with Gasteiger partial charge in [-0.3, -0.25) is 0 Å². The van der Waals surface area contributed by atoms with Gasteiger partial charge in [0.2, 0.25) is 0 Å². The molecular formula is C17H18F3NO3S. The van der Waals surface area contributed by atoms with Gasteiger partial charge in [0.1, 0.15) is 5.75 Å². The number of carboxylic acid groups (broad SMARTS) is 1. The maximum atomic E-state index is 13.0. The summed E-state index contributed by atoms with van der Waals surface area (Å²) < 4.78 is 44.6. The Morgan fingerprint density at radius 3 is 2.64 bits per heavy atom. The fourth-order valence-electron chi connectivity index (χ4n) is 2.09. The van der Waals surface area contributed by atoms with Crippen molar-refractivity contribution < 1.29 is 27.8 Å². The summed E-state index contributed by atoms with van der Waals surface area (Å²) in [6.45, 7) is 4.45. The van der Waals surface area contributed by atoms with Crippen LogP contribution in [0.5, 0.6) is 5.75 Å². The molecular weight excluding hydrogens is 355 g/mol. The van der Waals surface area contributed by atoms with Crippen LogP contribution in [0.1, 0.15) is 46.9 Å². The summed E-state index contributed by atoms with van der Waals surface area (Å²) in [7, 11) is 0. The molecule has 0 radical (unpaired) electrons. The first-order chi connectivity index (χ1) is 11.7. The van der Waals surface area contributed by atoms with Crippen molar-refractivity contribution in [2.75, 3.05) is 6.61 Å². The van der Waals surface area contributed by atoms with Crippen molar-refractivity contribution in [3.63, 3.8) is 0 Å². The van der Waals surface area contributed by atoms with E-state index in [9.17, 15) is 18.0 Å². The minimum atomic E-state index is -4.46. The molecule has 2 aromatic rings. The standard InChI is InChI=1S/C17H18F3NO3S/c1-10(2)5-6-24-14-4-3-12(17(18,19)20)7-11(14)8-15-21-13(9-25-15)16(22)23/h3-4,7,9-10H,5-6,8H2,1-2H3,(H,22,23). The second kappa shape index (κ2) is 7.86. The van der Waals surface area contributed by atoms with E-state index in [2.05, 4.69) is 4.98 Å². The highest BCUT2D eigenvalue weighted by atomic mass is 32.1. The number of thiazole rings is 1. The lowest BCUT2D eigenvalue weighted by Gasteiger charge is -2.15. The smallest absolute Gasteiger partial charge is 0.416 e. The maximum Gasteiger partial charge on any atom is 0.416 e. The Kier molecular flexibility index (Phi) is 6.05. The van der Waals surface area contributed by atoms with Gasteiger partial charge in [-0.15, -0.1) is 11.3 Å². The second-order valence-electron chi connectivity index (χ2n) is 5.96. The number of hydrogen-bond acceptors (Lipinski definition) is 4. The van der Waals surface area contributed by atoms with Crippen LogP contribution < -0.4 is 4.74 Å². The van der Waals surface area contributed by atoms with Crippen molar-refractivity contribution in [3.8, 4) is 5.75 Å². The predicted molar refractivity (Wildman–Crippen MR) is 88.3 cm³/mol. The van der Waals surface area contributed by atoms with Crippen LogP contribution in [0.3, 0.4) is 0 Å². The summed E-state index contributed by atoms with van der Waals surface area (Å²) in [5.41, 5.74) is -0.548. The van der Waals surface area contributed by atoms with Crippen molar-refractivity contribution in [1.82, 2.24) is 4.98 Å². The maximum absolute atomic E-state index is 13.0. The van der Waals surface area contributed by atoms with Gasteiger partial charge in [-0.1, -0.05) is 13.8 Å². The summed E-state index contributed by atoms with van der Waals surface area (Å²) in [5, 5.41) is 10.7. The number of ether oxygens (including phenoxy) is 1. The largest absolute Gasteiger partial charge is 0.493 e. The molecule has 1 aromatic carbocycles. The molecule has 2 rings (SSSR count). The fraction of sp³-hybridized carbons (Fsp3) is 0.412. The lowest BCUT2D eigenvalue weighted by atomic mass is 10.1. The number of alkyl halides is 3. The van der Waals surface area contributed by atoms with Crippen LogP contribution in [0.2, 0.25) is 0 Å². The van der Waals surface area contributed by atoms with Crippen molar-refractivity contribution in [2.24, 2.45) is 5.92 Å². The normalized spacial score (nSPS) is 11.8. The van der Waals surface area contributed by atoms with Crippen molar-refractivity contribution in [1.29, 1.82) is 0 Å². The molecule has 0 unspecified atom stereocenters. The zero-order valence-electron chi connectivity index (χ0n) is 13.8. The average Bonchev–Trinajstić information content (AvgIpc) is 2.96. The zero-order valence-corrected chi connectivity index (χ0v) is 14.6. The summed E-state index contributed by atoms with van der Waals surface area (Å²) in [6.07, 6.45) is -3.60. The molecule has 0 saturated heterocycles. The van der Waals surface area contributed by atoms with Crippen LogP contribution in [-0.4, -0.2) is 22.7 Å². The van der Waals surface area contributed by atoms with E-state index < -0.39 is 17.7 Å². The molecule has 1 heterocycles. The number of carbonyl (C=O) groups is 1. The molecule has 25 heavy (non-hydrogen) atoms. The Hall–Kier alpha value is -2.09. The molecule has 0 spiro atoms. The minimum Gasteiger partial charge on any atom is -0.493 e. The van der Waals surface area contributed by atoms with E-state index in [0.717, 1.165) is 29.9 Å². The van der Waals surface area contributed by atoms with E-state index in [1.807, 2.05) is 13.8 Å². The second-order valence-corrected chi connectivity index (χ2v) is 6.90. The summed E-state index contributed by atoms with van der Waals surface area (Å²) >= 11 is 1.09. The molecule has 0 aliphatic carbocycles. The van der Waals surface area contributed by atoms with E-state index in [-0.39, 0.29) is 12.1 Å². The molecule has 8 heteroatoms. The Morgan fingerprint density at radius 2 is 2.08 bits per heavy atom. The van der Waals surface area contributed by atoms with Crippen LogP contribution in [0.15, 0.2) is 23.6 Å². The number of aromatic carboxylic acids is 1. The van der Waals surface area contributed by atoms with Crippen LogP contribution in [0, 0.1) is 5.92 Å². The van der Waals surface area contributed by atoms with E-state index in [1.165, 1.54) is 11.4 Å². The molecule has 0 amide bonds. The lowest BCUT2D eigenvalue weighted by Crippen LogP contribution is -2.08. The molecule has 4 nitrogen and oxygen atoms in total. The number of rotatable bonds is 7. The Morgan fingerprint density at radius 1 is 1.36 bits per heavy atom. The highest BCUT2D eigenvalue weighted by Gasteiger charge is 2.31. The summed E-state index contributed by atoms with van der Waals surface area (Å²) in [5.74, 6) is -0.393. The van der Waals surface area contributed by atoms with Gasteiger partial charge in [-0.2, -0.15) is 13.2 Å². The number of benzene rings is 1. The van der Waals surface area contributed by atoms with Gasteiger partial charge in [-0.05, 0) is 30.5 Å². The highest BCUT2D eigenvalue weighted by Crippen LogP contribution is 2.34. The van der Waals surface area contributed by atoms with Crippen LogP contribution in [0.25, 0.3) is 0 Å². The van der Waals surface area contributed by atoms with Gasteiger partial charge >= 0.3 is 12.1 Å². The molecule has 0 saturated carbocycles. The number of nitrogens with zero attached hydrogens (tertiary/aromatic N) is 1. The molecule has 0 aliphatic rings. The average molecular weight is 373 g/mol. The SMILES string of the molecule is CC(C)CCOc1ccc(C(F)(F)F)cc1Cc1nc(C(=O)O)cs1. The minimum absolute atomic E-state index is 0.0822. The van der Waals surface area contributed by atoms with Crippen LogP contribution in [0.4, 0.5) is 13.2 Å². The first-order valence-electron chi connectivity index (χ1n) is 7.67. The first kappa shape index (κ1) is 19.2. The Bertz CT molecular complexity index is 741. The molecule has 0 atom stereocenters. The summed E-state index contributed by atoms with van der Waals surface area (Å²) in [4.78, 5) is 14.8. The quantitative estimate of drug-likeness (QED) is 0.752. The molecule has 0 aliphatic heterocycles. The van der Waals surface area contributed by atoms with Gasteiger partial charge < -0.3 is 9.84 Å². The highest BCUT2D eigenvalue weighted by molar-refractivity contribution is 7.09. The first-order valence-corrected chi connectivity index (χ1v) is 8.55. The molecule has 1 N–H and O–H groups in total. The third-order valence-electron chi connectivity index (χ3n) is 3.45. The van der Waals surface area contributed by atoms with Crippen molar-refractivity contribution in [3.05, 3.63) is 45.4 Å². The number of hydrogen-bond donors (Lipinski definition) is 1. The van der Waals surface area contributed by atoms with E-state index in [4.69, 9.17) is 9.84 Å². The van der Waals surface area contributed by atoms with Gasteiger partial charge in [0.25, 0.3) is 0 Å². The van der Waals surface area contributed by atoms with E-state index >= 15 is 0 Å². The number of halogens is 3. The molecule has 0 fully saturated rings. The Labute approximate surface area is 147 Å².